The number of carbonyl (C=O) groups excluding carboxylic acids is 2. The van der Waals surface area contributed by atoms with Crippen molar-refractivity contribution in [2.24, 2.45) is 5.92 Å². The Bertz CT molecular complexity index is 489. The van der Waals surface area contributed by atoms with Crippen molar-refractivity contribution in [3.05, 3.63) is 12.7 Å². The number of amides is 3. The zero-order chi connectivity index (χ0) is 17.9. The van der Waals surface area contributed by atoms with Gasteiger partial charge in [0.15, 0.2) is 0 Å². The minimum Gasteiger partial charge on any atom is -0.337 e. The van der Waals surface area contributed by atoms with Gasteiger partial charge in [-0.1, -0.05) is 18.9 Å². The summed E-state index contributed by atoms with van der Waals surface area (Å²) in [6.45, 7) is 4.41. The van der Waals surface area contributed by atoms with Gasteiger partial charge in [0, 0.05) is 20.1 Å². The van der Waals surface area contributed by atoms with E-state index in [0.29, 0.717) is 32.4 Å². The maximum Gasteiger partial charge on any atom is 0.408 e. The molecule has 136 valence electrons. The third-order valence-electron chi connectivity index (χ3n) is 4.91. The molecule has 1 saturated carbocycles. The first-order chi connectivity index (χ1) is 11.3. The van der Waals surface area contributed by atoms with Crippen LogP contribution in [0, 0.1) is 5.92 Å². The second kappa shape index (κ2) is 7.44. The van der Waals surface area contributed by atoms with Gasteiger partial charge in [-0.3, -0.25) is 4.79 Å². The average molecular weight is 347 g/mol. The normalized spacial score (nSPS) is 23.4. The second-order valence-electron chi connectivity index (χ2n) is 6.50. The van der Waals surface area contributed by atoms with Crippen LogP contribution >= 0.6 is 0 Å². The SMILES string of the molecule is C=CCN1CC[C@H](N(C)C(=O)N[C@H](C2CCCC2)C(F)(F)F)C1=O. The minimum atomic E-state index is -4.49. The zero-order valence-electron chi connectivity index (χ0n) is 13.8. The fourth-order valence-corrected chi connectivity index (χ4v) is 3.55. The Hall–Kier alpha value is -1.73. The number of carbonyl (C=O) groups is 2. The van der Waals surface area contributed by atoms with Crippen LogP contribution in [0.5, 0.6) is 0 Å². The summed E-state index contributed by atoms with van der Waals surface area (Å²) in [5.74, 6) is -0.837. The van der Waals surface area contributed by atoms with E-state index in [4.69, 9.17) is 0 Å². The molecule has 0 spiro atoms. The molecule has 0 aromatic carbocycles. The highest BCUT2D eigenvalue weighted by Gasteiger charge is 2.47. The summed E-state index contributed by atoms with van der Waals surface area (Å²) in [7, 11) is 1.37. The summed E-state index contributed by atoms with van der Waals surface area (Å²) >= 11 is 0. The Morgan fingerprint density at radius 3 is 2.58 bits per heavy atom. The molecule has 1 heterocycles. The molecule has 5 nitrogen and oxygen atoms in total. The fraction of sp³-hybridized carbons (Fsp3) is 0.750. The van der Waals surface area contributed by atoms with Gasteiger partial charge in [0.2, 0.25) is 5.91 Å². The van der Waals surface area contributed by atoms with Crippen LogP contribution in [0.25, 0.3) is 0 Å². The molecule has 0 aromatic heterocycles. The first-order valence-electron chi connectivity index (χ1n) is 8.25. The lowest BCUT2D eigenvalue weighted by Gasteiger charge is -2.31. The first kappa shape index (κ1) is 18.6. The molecular formula is C16H24F3N3O2. The Kier molecular flexibility index (Phi) is 5.77. The number of hydrogen-bond acceptors (Lipinski definition) is 2. The maximum atomic E-state index is 13.3. The predicted octanol–water partition coefficient (Wildman–Crippen LogP) is 2.54. The molecule has 24 heavy (non-hydrogen) atoms. The van der Waals surface area contributed by atoms with Crippen molar-refractivity contribution in [1.29, 1.82) is 0 Å². The number of alkyl halides is 3. The minimum absolute atomic E-state index is 0.253. The molecule has 1 aliphatic carbocycles. The van der Waals surface area contributed by atoms with Crippen molar-refractivity contribution in [2.75, 3.05) is 20.1 Å². The molecule has 1 aliphatic heterocycles. The third-order valence-corrected chi connectivity index (χ3v) is 4.91. The standard InChI is InChI=1S/C16H24F3N3O2/c1-3-9-22-10-8-12(14(22)23)21(2)15(24)20-13(16(17,18)19)11-6-4-5-7-11/h3,11-13H,1,4-10H2,2H3,(H,20,24)/t12-,13+/m0/s1. The maximum absolute atomic E-state index is 13.3. The molecule has 1 N–H and O–H groups in total. The second-order valence-corrected chi connectivity index (χ2v) is 6.50. The summed E-state index contributed by atoms with van der Waals surface area (Å²) in [5.41, 5.74) is 0. The van der Waals surface area contributed by atoms with Crippen LogP contribution in [0.1, 0.15) is 32.1 Å². The molecule has 2 fully saturated rings. The van der Waals surface area contributed by atoms with Gasteiger partial charge in [-0.25, -0.2) is 4.79 Å². The monoisotopic (exact) mass is 347 g/mol. The number of urea groups is 1. The van der Waals surface area contributed by atoms with E-state index in [1.54, 1.807) is 11.0 Å². The molecule has 0 aromatic rings. The first-order valence-corrected chi connectivity index (χ1v) is 8.25. The predicted molar refractivity (Wildman–Crippen MR) is 83.3 cm³/mol. The Labute approximate surface area is 139 Å². The lowest BCUT2D eigenvalue weighted by Crippen LogP contribution is -2.55. The van der Waals surface area contributed by atoms with Gasteiger partial charge in [0.05, 0.1) is 0 Å². The van der Waals surface area contributed by atoms with Gasteiger partial charge in [0.1, 0.15) is 12.1 Å². The van der Waals surface area contributed by atoms with E-state index in [-0.39, 0.29) is 5.91 Å². The molecule has 2 aliphatic rings. The van der Waals surface area contributed by atoms with Gasteiger partial charge < -0.3 is 15.1 Å². The topological polar surface area (TPSA) is 52.6 Å². The van der Waals surface area contributed by atoms with Crippen LogP contribution in [0.2, 0.25) is 0 Å². The number of nitrogens with zero attached hydrogens (tertiary/aromatic N) is 2. The molecule has 8 heteroatoms. The lowest BCUT2D eigenvalue weighted by molar-refractivity contribution is -0.165. The van der Waals surface area contributed by atoms with E-state index in [1.807, 2.05) is 0 Å². The Morgan fingerprint density at radius 2 is 2.04 bits per heavy atom. The van der Waals surface area contributed by atoms with Crippen LogP contribution in [0.4, 0.5) is 18.0 Å². The van der Waals surface area contributed by atoms with Gasteiger partial charge in [-0.15, -0.1) is 6.58 Å². The summed E-state index contributed by atoms with van der Waals surface area (Å²) in [6.07, 6.45) is -0.0641. The highest BCUT2D eigenvalue weighted by Crippen LogP contribution is 2.35. The summed E-state index contributed by atoms with van der Waals surface area (Å²) in [4.78, 5) is 27.1. The molecule has 1 saturated heterocycles. The molecule has 0 bridgehead atoms. The van der Waals surface area contributed by atoms with E-state index in [9.17, 15) is 22.8 Å². The fourth-order valence-electron chi connectivity index (χ4n) is 3.55. The van der Waals surface area contributed by atoms with Crippen LogP contribution in [0.3, 0.4) is 0 Å². The van der Waals surface area contributed by atoms with Crippen LogP contribution in [-0.4, -0.2) is 60.1 Å². The number of likely N-dealkylation sites (tertiary alicyclic amines) is 1. The largest absolute Gasteiger partial charge is 0.408 e. The molecular weight excluding hydrogens is 323 g/mol. The van der Waals surface area contributed by atoms with Crippen LogP contribution in [-0.2, 0) is 4.79 Å². The molecule has 3 amide bonds. The highest BCUT2D eigenvalue weighted by atomic mass is 19.4. The van der Waals surface area contributed by atoms with Crippen molar-refractivity contribution >= 4 is 11.9 Å². The van der Waals surface area contributed by atoms with Crippen molar-refractivity contribution in [1.82, 2.24) is 15.1 Å². The number of rotatable bonds is 5. The molecule has 2 rings (SSSR count). The van der Waals surface area contributed by atoms with E-state index in [0.717, 1.165) is 17.7 Å². The van der Waals surface area contributed by atoms with Gasteiger partial charge in [-0.2, -0.15) is 13.2 Å². The van der Waals surface area contributed by atoms with Crippen LogP contribution in [0.15, 0.2) is 12.7 Å². The molecule has 0 radical (unpaired) electrons. The van der Waals surface area contributed by atoms with Crippen LogP contribution < -0.4 is 5.32 Å². The molecule has 2 atom stereocenters. The zero-order valence-corrected chi connectivity index (χ0v) is 13.8. The highest BCUT2D eigenvalue weighted by molar-refractivity contribution is 5.88. The summed E-state index contributed by atoms with van der Waals surface area (Å²) < 4.78 is 39.9. The van der Waals surface area contributed by atoms with Gasteiger partial charge >= 0.3 is 12.2 Å². The summed E-state index contributed by atoms with van der Waals surface area (Å²) in [5, 5.41) is 2.11. The number of likely N-dealkylation sites (N-methyl/N-ethyl adjacent to an activating group) is 1. The number of hydrogen-bond donors (Lipinski definition) is 1. The van der Waals surface area contributed by atoms with Gasteiger partial charge in [0.25, 0.3) is 0 Å². The van der Waals surface area contributed by atoms with E-state index >= 15 is 0 Å². The number of nitrogens with one attached hydrogen (secondary N) is 1. The Balaban J connectivity index is 2.01. The quantitative estimate of drug-likeness (QED) is 0.777. The van der Waals surface area contributed by atoms with Crippen molar-refractivity contribution < 1.29 is 22.8 Å². The van der Waals surface area contributed by atoms with Gasteiger partial charge in [-0.05, 0) is 25.2 Å². The molecule has 0 unspecified atom stereocenters. The average Bonchev–Trinajstić information content (AvgIpc) is 3.14. The lowest BCUT2D eigenvalue weighted by atomic mass is 9.98. The van der Waals surface area contributed by atoms with E-state index < -0.39 is 30.2 Å². The van der Waals surface area contributed by atoms with Crippen molar-refractivity contribution in [3.8, 4) is 0 Å². The van der Waals surface area contributed by atoms with Crippen molar-refractivity contribution in [3.63, 3.8) is 0 Å². The summed E-state index contributed by atoms with van der Waals surface area (Å²) in [6, 6.07) is -3.42. The Morgan fingerprint density at radius 1 is 1.42 bits per heavy atom. The third kappa shape index (κ3) is 4.02. The number of halogens is 3. The smallest absolute Gasteiger partial charge is 0.337 e. The van der Waals surface area contributed by atoms with Crippen molar-refractivity contribution in [2.45, 2.75) is 50.4 Å². The van der Waals surface area contributed by atoms with E-state index in [1.165, 1.54) is 7.05 Å². The van der Waals surface area contributed by atoms with E-state index in [2.05, 4.69) is 11.9 Å².